The number of aliphatic imine (C=N–C) groups is 1. The zero-order chi connectivity index (χ0) is 18.6. The molecule has 8 heteroatoms. The van der Waals surface area contributed by atoms with Crippen LogP contribution in [0.15, 0.2) is 21.5 Å². The molecule has 1 aliphatic heterocycles. The van der Waals surface area contributed by atoms with Gasteiger partial charge in [-0.15, -0.1) is 24.0 Å². The van der Waals surface area contributed by atoms with Gasteiger partial charge in [-0.3, -0.25) is 9.89 Å². The van der Waals surface area contributed by atoms with Crippen molar-refractivity contribution in [3.05, 3.63) is 23.7 Å². The molecule has 1 aromatic heterocycles. The highest BCUT2D eigenvalue weighted by molar-refractivity contribution is 14.0. The van der Waals surface area contributed by atoms with Gasteiger partial charge in [0.1, 0.15) is 11.5 Å². The fourth-order valence-corrected chi connectivity index (χ4v) is 3.50. The van der Waals surface area contributed by atoms with Crippen molar-refractivity contribution in [3.63, 3.8) is 0 Å². The highest BCUT2D eigenvalue weighted by atomic mass is 127. The Balaban J connectivity index is 0.00000364. The number of nitrogens with zero attached hydrogens (tertiary/aromatic N) is 2. The van der Waals surface area contributed by atoms with Gasteiger partial charge in [0, 0.05) is 26.2 Å². The van der Waals surface area contributed by atoms with Crippen molar-refractivity contribution in [1.82, 2.24) is 15.5 Å². The van der Waals surface area contributed by atoms with Crippen LogP contribution < -0.4 is 10.6 Å². The lowest BCUT2D eigenvalue weighted by Gasteiger charge is -2.32. The lowest BCUT2D eigenvalue weighted by Crippen LogP contribution is -2.42. The first kappa shape index (κ1) is 24.6. The monoisotopic (exact) mass is 510 g/mol. The molecule has 0 bridgehead atoms. The van der Waals surface area contributed by atoms with E-state index >= 15 is 0 Å². The van der Waals surface area contributed by atoms with Crippen LogP contribution in [0.2, 0.25) is 0 Å². The predicted molar refractivity (Wildman–Crippen MR) is 126 cm³/mol. The summed E-state index contributed by atoms with van der Waals surface area (Å²) in [5, 5.41) is 6.80. The second-order valence-electron chi connectivity index (χ2n) is 6.46. The normalized spacial score (nSPS) is 16.6. The van der Waals surface area contributed by atoms with Gasteiger partial charge in [0.2, 0.25) is 0 Å². The molecular formula is C19H35IN4O2S. The zero-order valence-corrected chi connectivity index (χ0v) is 20.0. The van der Waals surface area contributed by atoms with Crippen molar-refractivity contribution >= 4 is 41.7 Å². The van der Waals surface area contributed by atoms with Crippen LogP contribution in [0.25, 0.3) is 0 Å². The second-order valence-corrected chi connectivity index (χ2v) is 7.44. The van der Waals surface area contributed by atoms with Crippen molar-refractivity contribution in [2.75, 3.05) is 57.9 Å². The Bertz CT molecular complexity index is 536. The summed E-state index contributed by atoms with van der Waals surface area (Å²) in [7, 11) is 0. The van der Waals surface area contributed by atoms with Crippen molar-refractivity contribution in [2.24, 2.45) is 4.99 Å². The molecule has 0 amide bonds. The summed E-state index contributed by atoms with van der Waals surface area (Å²) in [5.41, 5.74) is 0. The van der Waals surface area contributed by atoms with E-state index in [-0.39, 0.29) is 30.0 Å². The van der Waals surface area contributed by atoms with E-state index in [2.05, 4.69) is 34.8 Å². The zero-order valence-electron chi connectivity index (χ0n) is 16.8. The standard InChI is InChI=1S/C19H34N4O2S.HI/c1-4-20-19(21-9-5-6-14-26-3)22-15-17(18-8-7-16(2)25-18)23-10-12-24-13-11-23;/h7-8,17H,4-6,9-15H2,1-3H3,(H2,20,21,22);1H. The average molecular weight is 510 g/mol. The van der Waals surface area contributed by atoms with Gasteiger partial charge in [-0.05, 0) is 50.8 Å². The molecule has 1 unspecified atom stereocenters. The minimum atomic E-state index is 0. The number of thioether (sulfide) groups is 1. The largest absolute Gasteiger partial charge is 0.465 e. The van der Waals surface area contributed by atoms with Crippen molar-refractivity contribution in [2.45, 2.75) is 32.7 Å². The third kappa shape index (κ3) is 9.06. The molecule has 2 heterocycles. The number of halogens is 1. The van der Waals surface area contributed by atoms with E-state index < -0.39 is 0 Å². The Morgan fingerprint density at radius 1 is 1.26 bits per heavy atom. The van der Waals surface area contributed by atoms with E-state index in [0.29, 0.717) is 6.54 Å². The van der Waals surface area contributed by atoms with Crippen LogP contribution >= 0.6 is 35.7 Å². The molecule has 6 nitrogen and oxygen atoms in total. The van der Waals surface area contributed by atoms with Crippen LogP contribution in [0.1, 0.15) is 37.3 Å². The Kier molecular flexibility index (Phi) is 13.2. The van der Waals surface area contributed by atoms with E-state index in [0.717, 1.165) is 63.3 Å². The van der Waals surface area contributed by atoms with Crippen molar-refractivity contribution in [1.29, 1.82) is 0 Å². The molecule has 1 saturated heterocycles. The fraction of sp³-hybridized carbons (Fsp3) is 0.737. The van der Waals surface area contributed by atoms with Gasteiger partial charge in [-0.2, -0.15) is 11.8 Å². The first-order valence-electron chi connectivity index (χ1n) is 9.63. The predicted octanol–water partition coefficient (Wildman–Crippen LogP) is 3.28. The van der Waals surface area contributed by atoms with E-state index in [4.69, 9.17) is 14.1 Å². The Labute approximate surface area is 185 Å². The summed E-state index contributed by atoms with van der Waals surface area (Å²) in [6, 6.07) is 4.26. The molecule has 0 radical (unpaired) electrons. The van der Waals surface area contributed by atoms with Crippen molar-refractivity contribution in [3.8, 4) is 0 Å². The lowest BCUT2D eigenvalue weighted by molar-refractivity contribution is 0.0135. The quantitative estimate of drug-likeness (QED) is 0.218. The number of furan rings is 1. The number of aryl methyl sites for hydroxylation is 1. The fourth-order valence-electron chi connectivity index (χ4n) is 3.00. The van der Waals surface area contributed by atoms with Crippen LogP contribution in [0.3, 0.4) is 0 Å². The summed E-state index contributed by atoms with van der Waals surface area (Å²) in [6.07, 6.45) is 4.55. The topological polar surface area (TPSA) is 62.0 Å². The first-order valence-corrected chi connectivity index (χ1v) is 11.0. The summed E-state index contributed by atoms with van der Waals surface area (Å²) in [5.74, 6) is 4.04. The van der Waals surface area contributed by atoms with Gasteiger partial charge in [-0.1, -0.05) is 0 Å². The maximum atomic E-state index is 5.92. The Morgan fingerprint density at radius 3 is 2.67 bits per heavy atom. The summed E-state index contributed by atoms with van der Waals surface area (Å²) in [4.78, 5) is 7.25. The molecule has 0 aromatic carbocycles. The van der Waals surface area contributed by atoms with Crippen LogP contribution in [0, 0.1) is 6.92 Å². The van der Waals surface area contributed by atoms with Gasteiger partial charge in [0.15, 0.2) is 5.96 Å². The minimum Gasteiger partial charge on any atom is -0.465 e. The highest BCUT2D eigenvalue weighted by Crippen LogP contribution is 2.24. The van der Waals surface area contributed by atoms with Crippen LogP contribution in [0.4, 0.5) is 0 Å². The molecule has 1 aliphatic rings. The molecule has 0 saturated carbocycles. The third-order valence-electron chi connectivity index (χ3n) is 4.41. The minimum absolute atomic E-state index is 0. The number of guanidine groups is 1. The number of unbranched alkanes of at least 4 members (excludes halogenated alkanes) is 1. The molecule has 0 aliphatic carbocycles. The van der Waals surface area contributed by atoms with Crippen LogP contribution in [-0.4, -0.2) is 68.8 Å². The number of rotatable bonds is 10. The molecule has 27 heavy (non-hydrogen) atoms. The molecule has 2 rings (SSSR count). The summed E-state index contributed by atoms with van der Waals surface area (Å²) < 4.78 is 11.4. The number of ether oxygens (including phenoxy) is 1. The lowest BCUT2D eigenvalue weighted by atomic mass is 10.1. The van der Waals surface area contributed by atoms with Crippen molar-refractivity contribution < 1.29 is 9.15 Å². The van der Waals surface area contributed by atoms with Crippen LogP contribution in [0.5, 0.6) is 0 Å². The SMILES string of the molecule is CCNC(=NCC(c1ccc(C)o1)N1CCOCC1)NCCCCSC.I. The summed E-state index contributed by atoms with van der Waals surface area (Å²) in [6.45, 7) is 9.95. The molecule has 1 fully saturated rings. The molecule has 0 spiro atoms. The van der Waals surface area contributed by atoms with E-state index in [1.807, 2.05) is 24.8 Å². The number of nitrogens with one attached hydrogen (secondary N) is 2. The van der Waals surface area contributed by atoms with E-state index in [1.165, 1.54) is 12.2 Å². The number of morpholine rings is 1. The van der Waals surface area contributed by atoms with Gasteiger partial charge in [0.25, 0.3) is 0 Å². The molecule has 2 N–H and O–H groups in total. The second kappa shape index (κ2) is 14.5. The van der Waals surface area contributed by atoms with Gasteiger partial charge < -0.3 is 19.8 Å². The highest BCUT2D eigenvalue weighted by Gasteiger charge is 2.25. The van der Waals surface area contributed by atoms with E-state index in [1.54, 1.807) is 0 Å². The molecule has 1 atom stereocenters. The number of hydrogen-bond donors (Lipinski definition) is 2. The Morgan fingerprint density at radius 2 is 2.04 bits per heavy atom. The summed E-state index contributed by atoms with van der Waals surface area (Å²) >= 11 is 1.90. The van der Waals surface area contributed by atoms with Gasteiger partial charge in [0.05, 0.1) is 25.8 Å². The van der Waals surface area contributed by atoms with Crippen LogP contribution in [-0.2, 0) is 4.74 Å². The maximum Gasteiger partial charge on any atom is 0.191 e. The molecule has 1 aromatic rings. The molecular weight excluding hydrogens is 475 g/mol. The number of hydrogen-bond acceptors (Lipinski definition) is 5. The Hall–Kier alpha value is -0.450. The van der Waals surface area contributed by atoms with Gasteiger partial charge in [-0.25, -0.2) is 0 Å². The average Bonchev–Trinajstić information content (AvgIpc) is 3.08. The smallest absolute Gasteiger partial charge is 0.191 e. The maximum absolute atomic E-state index is 5.92. The van der Waals surface area contributed by atoms with E-state index in [9.17, 15) is 0 Å². The van der Waals surface area contributed by atoms with Gasteiger partial charge >= 0.3 is 0 Å². The first-order chi connectivity index (χ1) is 12.7. The molecule has 156 valence electrons. The third-order valence-corrected chi connectivity index (χ3v) is 5.11.